The maximum absolute atomic E-state index is 6.33. The van der Waals surface area contributed by atoms with Gasteiger partial charge in [0.05, 0.1) is 0 Å². The molecule has 2 heteroatoms. The lowest BCUT2D eigenvalue weighted by Crippen LogP contribution is -2.07. The molecule has 0 amide bonds. The number of rotatable bonds is 2. The molecule has 0 N–H and O–H groups in total. The minimum absolute atomic E-state index is 0.801. The number of fused-ring (bicyclic) bond motifs is 1. The van der Waals surface area contributed by atoms with Crippen LogP contribution in [0, 0.1) is 0 Å². The Hall–Kier alpha value is -2.32. The largest absolute Gasteiger partial charge is 0.114 e. The molecule has 4 rings (SSSR count). The van der Waals surface area contributed by atoms with Crippen molar-refractivity contribution < 1.29 is 0 Å². The molecule has 0 aliphatic carbocycles. The summed E-state index contributed by atoms with van der Waals surface area (Å²) in [7, 11) is 6.33. The lowest BCUT2D eigenvalue weighted by molar-refractivity contribution is 1.62. The summed E-state index contributed by atoms with van der Waals surface area (Å²) in [5.41, 5.74) is 5.43. The second kappa shape index (κ2) is 6.29. The maximum atomic E-state index is 6.33. The van der Waals surface area contributed by atoms with Crippen molar-refractivity contribution in [3.63, 3.8) is 0 Å². The fraction of sp³-hybridized carbons (Fsp3) is 0. The van der Waals surface area contributed by atoms with Crippen molar-refractivity contribution in [2.75, 3.05) is 0 Å². The highest BCUT2D eigenvalue weighted by atomic mass is 79.9. The van der Waals surface area contributed by atoms with Crippen molar-refractivity contribution in [3.05, 3.63) is 89.4 Å². The zero-order valence-electron chi connectivity index (χ0n) is 13.0. The summed E-state index contributed by atoms with van der Waals surface area (Å²) in [6.45, 7) is 0. The summed E-state index contributed by atoms with van der Waals surface area (Å²) in [5.74, 6) is 0. The molecular weight excluding hydrogens is 355 g/mol. The summed E-state index contributed by atoms with van der Waals surface area (Å²) in [4.78, 5) is 0. The van der Waals surface area contributed by atoms with Crippen LogP contribution in [-0.4, -0.2) is 7.85 Å². The van der Waals surface area contributed by atoms with Gasteiger partial charge in [-0.15, -0.1) is 0 Å². The molecule has 4 aromatic rings. The molecule has 0 atom stereocenters. The Bertz CT molecular complexity index is 923. The Labute approximate surface area is 151 Å². The highest BCUT2D eigenvalue weighted by molar-refractivity contribution is 9.10. The molecule has 112 valence electrons. The minimum atomic E-state index is 0.801. The van der Waals surface area contributed by atoms with Gasteiger partial charge in [-0.1, -0.05) is 100 Å². The molecular formula is C22H14BBr. The van der Waals surface area contributed by atoms with E-state index in [2.05, 4.69) is 70.5 Å². The third-order valence-electron chi connectivity index (χ3n) is 4.31. The van der Waals surface area contributed by atoms with E-state index < -0.39 is 0 Å². The van der Waals surface area contributed by atoms with Gasteiger partial charge >= 0.3 is 0 Å². The molecule has 2 radical (unpaired) electrons. The van der Waals surface area contributed by atoms with Gasteiger partial charge in [-0.3, -0.25) is 0 Å². The van der Waals surface area contributed by atoms with Gasteiger partial charge in [0.2, 0.25) is 0 Å². The van der Waals surface area contributed by atoms with E-state index in [4.69, 9.17) is 7.85 Å². The van der Waals surface area contributed by atoms with Crippen LogP contribution in [0.4, 0.5) is 0 Å². The molecule has 0 spiro atoms. The van der Waals surface area contributed by atoms with Gasteiger partial charge in [-0.25, -0.2) is 0 Å². The van der Waals surface area contributed by atoms with Gasteiger partial charge in [0.1, 0.15) is 7.85 Å². The van der Waals surface area contributed by atoms with Crippen molar-refractivity contribution in [3.8, 4) is 22.3 Å². The second-order valence-electron chi connectivity index (χ2n) is 5.78. The molecule has 0 unspecified atom stereocenters. The molecule has 0 saturated heterocycles. The van der Waals surface area contributed by atoms with E-state index in [1.165, 1.54) is 21.9 Å². The van der Waals surface area contributed by atoms with Crippen LogP contribution in [0.2, 0.25) is 0 Å². The molecule has 24 heavy (non-hydrogen) atoms. The Kier molecular flexibility index (Phi) is 3.99. The molecule has 0 aliphatic rings. The summed E-state index contributed by atoms with van der Waals surface area (Å²) >= 11 is 3.72. The van der Waals surface area contributed by atoms with E-state index in [1.54, 1.807) is 0 Å². The van der Waals surface area contributed by atoms with E-state index in [0.717, 1.165) is 21.1 Å². The average molecular weight is 369 g/mol. The number of hydrogen-bond donors (Lipinski definition) is 0. The van der Waals surface area contributed by atoms with Crippen LogP contribution in [0.5, 0.6) is 0 Å². The molecule has 0 fully saturated rings. The predicted octanol–water partition coefficient (Wildman–Crippen LogP) is 5.73. The van der Waals surface area contributed by atoms with Gasteiger partial charge in [-0.05, 0) is 33.5 Å². The Balaban J connectivity index is 2.09. The van der Waals surface area contributed by atoms with E-state index in [9.17, 15) is 0 Å². The average Bonchev–Trinajstić information content (AvgIpc) is 2.63. The fourth-order valence-corrected chi connectivity index (χ4v) is 3.80. The van der Waals surface area contributed by atoms with E-state index in [1.807, 2.05) is 30.3 Å². The fourth-order valence-electron chi connectivity index (χ4n) is 3.22. The molecule has 4 aromatic carbocycles. The Morgan fingerprint density at radius 3 is 1.67 bits per heavy atom. The third-order valence-corrected chi connectivity index (χ3v) is 4.97. The molecule has 0 aromatic heterocycles. The van der Waals surface area contributed by atoms with Crippen LogP contribution in [0.15, 0.2) is 89.4 Å². The second-order valence-corrected chi connectivity index (χ2v) is 6.63. The zero-order valence-corrected chi connectivity index (χ0v) is 14.6. The van der Waals surface area contributed by atoms with E-state index in [0.29, 0.717) is 0 Å². The first kappa shape index (κ1) is 15.2. The van der Waals surface area contributed by atoms with Crippen LogP contribution in [0.25, 0.3) is 33.0 Å². The van der Waals surface area contributed by atoms with Crippen molar-refractivity contribution in [1.82, 2.24) is 0 Å². The first-order valence-electron chi connectivity index (χ1n) is 7.87. The first-order valence-corrected chi connectivity index (χ1v) is 8.66. The molecule has 0 heterocycles. The third kappa shape index (κ3) is 2.57. The van der Waals surface area contributed by atoms with Gasteiger partial charge in [0, 0.05) is 10.0 Å². The SMILES string of the molecule is [B]c1ccc2c(-c3ccccc3)c(Br)ccc2c1-c1ccccc1. The predicted molar refractivity (Wildman–Crippen MR) is 108 cm³/mol. The highest BCUT2D eigenvalue weighted by Crippen LogP contribution is 2.38. The quantitative estimate of drug-likeness (QED) is 0.396. The van der Waals surface area contributed by atoms with Crippen molar-refractivity contribution in [1.29, 1.82) is 0 Å². The van der Waals surface area contributed by atoms with Crippen molar-refractivity contribution in [2.45, 2.75) is 0 Å². The summed E-state index contributed by atoms with van der Waals surface area (Å²) in [6.07, 6.45) is 0. The molecule has 0 bridgehead atoms. The topological polar surface area (TPSA) is 0 Å². The highest BCUT2D eigenvalue weighted by Gasteiger charge is 2.13. The Morgan fingerprint density at radius 2 is 1.04 bits per heavy atom. The van der Waals surface area contributed by atoms with Crippen LogP contribution in [-0.2, 0) is 0 Å². The van der Waals surface area contributed by atoms with Gasteiger partial charge in [0.15, 0.2) is 0 Å². The summed E-state index contributed by atoms with van der Waals surface area (Å²) in [6, 6.07) is 29.1. The van der Waals surface area contributed by atoms with Crippen molar-refractivity contribution in [2.24, 2.45) is 0 Å². The van der Waals surface area contributed by atoms with Crippen LogP contribution < -0.4 is 5.46 Å². The molecule has 0 nitrogen and oxygen atoms in total. The number of halogens is 1. The summed E-state index contributed by atoms with van der Waals surface area (Å²) < 4.78 is 1.09. The van der Waals surface area contributed by atoms with E-state index in [-0.39, 0.29) is 0 Å². The minimum Gasteiger partial charge on any atom is -0.0883 e. The smallest absolute Gasteiger partial charge is 0.0883 e. The number of benzene rings is 4. The van der Waals surface area contributed by atoms with Crippen LogP contribution in [0.3, 0.4) is 0 Å². The zero-order chi connectivity index (χ0) is 16.5. The lowest BCUT2D eigenvalue weighted by atomic mass is 9.82. The Morgan fingerprint density at radius 1 is 0.542 bits per heavy atom. The summed E-state index contributed by atoms with van der Waals surface area (Å²) in [5, 5.41) is 2.37. The van der Waals surface area contributed by atoms with Crippen molar-refractivity contribution >= 4 is 40.0 Å². The molecule has 0 aliphatic heterocycles. The van der Waals surface area contributed by atoms with Gasteiger partial charge in [-0.2, -0.15) is 0 Å². The monoisotopic (exact) mass is 368 g/mol. The maximum Gasteiger partial charge on any atom is 0.114 e. The number of hydrogen-bond acceptors (Lipinski definition) is 0. The van der Waals surface area contributed by atoms with Gasteiger partial charge in [0.25, 0.3) is 0 Å². The normalized spacial score (nSPS) is 10.9. The lowest BCUT2D eigenvalue weighted by Gasteiger charge is -2.15. The molecule has 0 saturated carbocycles. The first-order chi connectivity index (χ1) is 11.8. The van der Waals surface area contributed by atoms with Crippen LogP contribution in [0.1, 0.15) is 0 Å². The standard InChI is InChI=1S/C22H14BBr/c23-19-13-11-18-17(21(19)15-7-3-1-4-8-15)12-14-20(24)22(18)16-9-5-2-6-10-16/h1-14H. The van der Waals surface area contributed by atoms with Gasteiger partial charge < -0.3 is 0 Å². The van der Waals surface area contributed by atoms with Crippen LogP contribution >= 0.6 is 15.9 Å². The van der Waals surface area contributed by atoms with E-state index >= 15 is 0 Å².